The van der Waals surface area contributed by atoms with Gasteiger partial charge in [-0.25, -0.2) is 13.4 Å². The van der Waals surface area contributed by atoms with E-state index >= 15 is 0 Å². The van der Waals surface area contributed by atoms with Crippen LogP contribution in [-0.4, -0.2) is 48.2 Å². The van der Waals surface area contributed by atoms with Crippen LogP contribution in [0.3, 0.4) is 0 Å². The number of amides is 1. The van der Waals surface area contributed by atoms with Gasteiger partial charge in [-0.15, -0.1) is 11.3 Å². The topological polar surface area (TPSA) is 126 Å². The van der Waals surface area contributed by atoms with Gasteiger partial charge in [0.25, 0.3) is 0 Å². The second-order valence-electron chi connectivity index (χ2n) is 9.93. The van der Waals surface area contributed by atoms with E-state index in [2.05, 4.69) is 10.3 Å². The fourth-order valence-electron chi connectivity index (χ4n) is 4.51. The Balaban J connectivity index is 0.00000370. The Morgan fingerprint density at radius 3 is 2.42 bits per heavy atom. The van der Waals surface area contributed by atoms with Crippen LogP contribution in [0.4, 0.5) is 0 Å². The molecule has 1 aromatic heterocycles. The Bertz CT molecular complexity index is 1520. The van der Waals surface area contributed by atoms with Gasteiger partial charge in [0, 0.05) is 6.07 Å². The Morgan fingerprint density at radius 2 is 1.75 bits per heavy atom. The lowest BCUT2D eigenvalue weighted by atomic mass is 9.76. The molecule has 2 atom stereocenters. The van der Waals surface area contributed by atoms with Gasteiger partial charge < -0.3 is 20.1 Å². The number of rotatable bonds is 12. The van der Waals surface area contributed by atoms with E-state index in [1.807, 2.05) is 48.5 Å². The summed E-state index contributed by atoms with van der Waals surface area (Å²) in [7, 11) is -5.57. The van der Waals surface area contributed by atoms with E-state index in [1.165, 1.54) is 23.5 Å². The first-order valence-electron chi connectivity index (χ1n) is 12.8. The summed E-state index contributed by atoms with van der Waals surface area (Å²) in [4.78, 5) is 17.6. The van der Waals surface area contributed by atoms with Gasteiger partial charge in [0.2, 0.25) is 5.91 Å². The molecule has 4 aromatic rings. The number of nitrogens with zero attached hydrogens (tertiary/aromatic N) is 1. The summed E-state index contributed by atoms with van der Waals surface area (Å²) in [5.74, 6) is -1.29. The van der Waals surface area contributed by atoms with Crippen LogP contribution in [0.5, 0.6) is 11.5 Å². The molecule has 0 spiro atoms. The number of benzene rings is 3. The Kier molecular flexibility index (Phi) is 9.62. The monoisotopic (exact) mass is 580 g/mol. The van der Waals surface area contributed by atoms with Crippen molar-refractivity contribution >= 4 is 44.4 Å². The van der Waals surface area contributed by atoms with E-state index < -0.39 is 40.5 Å². The molecule has 1 amide bonds. The van der Waals surface area contributed by atoms with Gasteiger partial charge in [0.05, 0.1) is 38.2 Å². The van der Waals surface area contributed by atoms with Gasteiger partial charge in [0.1, 0.15) is 11.5 Å². The minimum atomic E-state index is -3.85. The molecule has 0 radical (unpaired) electrons. The number of carbonyl (C=O) groups excluding carboxylic acids is 1. The molecule has 210 valence electrons. The predicted octanol–water partition coefficient (Wildman–Crippen LogP) is 4.65. The molecule has 1 aliphatic rings. The second-order valence-corrected chi connectivity index (χ2v) is 12.9. The van der Waals surface area contributed by atoms with Gasteiger partial charge in [-0.1, -0.05) is 50.6 Å². The quantitative estimate of drug-likeness (QED) is 0.208. The lowest BCUT2D eigenvalue weighted by molar-refractivity contribution is -0.124. The van der Waals surface area contributed by atoms with Crippen LogP contribution in [0.1, 0.15) is 32.3 Å². The third-order valence-electron chi connectivity index (χ3n) is 6.81. The first-order valence-corrected chi connectivity index (χ1v) is 15.3. The van der Waals surface area contributed by atoms with Crippen LogP contribution < -0.4 is 10.1 Å². The molecule has 1 heterocycles. The molecular formula is C29H33BN2O6S2. The molecule has 1 saturated carbocycles. The fourth-order valence-corrected chi connectivity index (χ4v) is 6.71. The zero-order valence-electron chi connectivity index (χ0n) is 21.1. The number of hydrogen-bond acceptors (Lipinski definition) is 8. The zero-order valence-corrected chi connectivity index (χ0v) is 22.8. The van der Waals surface area contributed by atoms with Gasteiger partial charge in [0.15, 0.2) is 9.84 Å². The molecule has 0 bridgehead atoms. The molecule has 8 nitrogen and oxygen atoms in total. The van der Waals surface area contributed by atoms with Gasteiger partial charge in [-0.2, -0.15) is 0 Å². The third-order valence-corrected chi connectivity index (χ3v) is 9.45. The summed E-state index contributed by atoms with van der Waals surface area (Å²) in [6, 6.07) is 20.9. The standard InChI is InChI=1S/C28H29BN2O6S2.CH4/c32-28(31-27(29(33)34)15-20-6-7-20)21(14-19-4-2-1-3-5-19)17-39(35,36)24-11-8-22(9-12-24)37-23-10-13-26-25(16-23)30-18-38-26;/h1-5,8-13,16,18,20-21,27,33-34H,6-7,14-15,17H2,(H,31,32);1H4/t21-,27+;/m1./s1. The summed E-state index contributed by atoms with van der Waals surface area (Å²) in [6.07, 6.45) is 2.62. The Hall–Kier alpha value is -3.25. The number of hydrogen-bond donors (Lipinski definition) is 3. The Labute approximate surface area is 239 Å². The van der Waals surface area contributed by atoms with Crippen molar-refractivity contribution in [2.75, 3.05) is 5.75 Å². The van der Waals surface area contributed by atoms with E-state index in [4.69, 9.17) is 4.74 Å². The number of fused-ring (bicyclic) bond motifs is 1. The van der Waals surface area contributed by atoms with Crippen molar-refractivity contribution in [1.82, 2.24) is 10.3 Å². The number of thiazole rings is 1. The molecule has 0 aliphatic heterocycles. The third kappa shape index (κ3) is 7.69. The normalized spacial score (nSPS) is 14.7. The molecular weight excluding hydrogens is 547 g/mol. The Morgan fingerprint density at radius 1 is 1.05 bits per heavy atom. The number of carbonyl (C=O) groups is 1. The minimum Gasteiger partial charge on any atom is -0.457 e. The first-order chi connectivity index (χ1) is 18.8. The summed E-state index contributed by atoms with van der Waals surface area (Å²) in [5, 5.41) is 22.3. The molecule has 40 heavy (non-hydrogen) atoms. The van der Waals surface area contributed by atoms with Gasteiger partial charge in [-0.3, -0.25) is 4.79 Å². The van der Waals surface area contributed by atoms with E-state index in [-0.39, 0.29) is 18.7 Å². The number of nitrogens with one attached hydrogen (secondary N) is 1. The predicted molar refractivity (Wildman–Crippen MR) is 158 cm³/mol. The molecule has 0 saturated heterocycles. The maximum absolute atomic E-state index is 13.4. The van der Waals surface area contributed by atoms with Gasteiger partial charge >= 0.3 is 7.12 Å². The summed E-state index contributed by atoms with van der Waals surface area (Å²) >= 11 is 1.54. The first kappa shape index (κ1) is 29.7. The minimum absolute atomic E-state index is 0. The maximum atomic E-state index is 13.4. The fraction of sp³-hybridized carbons (Fsp3) is 0.310. The average molecular weight is 581 g/mol. The highest BCUT2D eigenvalue weighted by Gasteiger charge is 2.35. The average Bonchev–Trinajstić information content (AvgIpc) is 3.62. The summed E-state index contributed by atoms with van der Waals surface area (Å²) < 4.78 is 33.7. The van der Waals surface area contributed by atoms with Crippen LogP contribution >= 0.6 is 11.3 Å². The molecule has 3 N–H and O–H groups in total. The zero-order chi connectivity index (χ0) is 27.4. The highest BCUT2D eigenvalue weighted by molar-refractivity contribution is 7.91. The van der Waals surface area contributed by atoms with E-state index in [0.717, 1.165) is 28.6 Å². The lowest BCUT2D eigenvalue weighted by Gasteiger charge is -2.22. The second kappa shape index (κ2) is 12.9. The molecule has 1 aliphatic carbocycles. The number of ether oxygens (including phenoxy) is 1. The van der Waals surface area contributed by atoms with Crippen molar-refractivity contribution in [3.8, 4) is 11.5 Å². The highest BCUT2D eigenvalue weighted by Crippen LogP contribution is 2.34. The van der Waals surface area contributed by atoms with E-state index in [0.29, 0.717) is 23.8 Å². The largest absolute Gasteiger partial charge is 0.475 e. The molecule has 5 rings (SSSR count). The number of aromatic nitrogens is 1. The van der Waals surface area contributed by atoms with Crippen LogP contribution in [0.15, 0.2) is 83.2 Å². The van der Waals surface area contributed by atoms with Crippen molar-refractivity contribution in [3.05, 3.63) is 83.9 Å². The SMILES string of the molecule is C.O=C(N[C@@H](CC1CC1)B(O)O)[C@H](Cc1ccccc1)CS(=O)(=O)c1ccc(Oc2ccc3scnc3c2)cc1. The number of sulfone groups is 1. The van der Waals surface area contributed by atoms with Crippen LogP contribution in [-0.2, 0) is 21.1 Å². The van der Waals surface area contributed by atoms with Crippen LogP contribution in [0.25, 0.3) is 10.2 Å². The van der Waals surface area contributed by atoms with E-state index in [9.17, 15) is 23.3 Å². The van der Waals surface area contributed by atoms with Crippen molar-refractivity contribution in [2.45, 2.75) is 43.9 Å². The molecule has 1 fully saturated rings. The van der Waals surface area contributed by atoms with Crippen molar-refractivity contribution in [3.63, 3.8) is 0 Å². The van der Waals surface area contributed by atoms with Crippen LogP contribution in [0.2, 0.25) is 0 Å². The smallest absolute Gasteiger partial charge is 0.457 e. The van der Waals surface area contributed by atoms with Crippen molar-refractivity contribution in [1.29, 1.82) is 0 Å². The van der Waals surface area contributed by atoms with Crippen molar-refractivity contribution in [2.24, 2.45) is 11.8 Å². The summed E-state index contributed by atoms with van der Waals surface area (Å²) in [6.45, 7) is 0. The maximum Gasteiger partial charge on any atom is 0.475 e. The van der Waals surface area contributed by atoms with Crippen LogP contribution in [0, 0.1) is 11.8 Å². The highest BCUT2D eigenvalue weighted by atomic mass is 32.2. The molecule has 3 aromatic carbocycles. The summed E-state index contributed by atoms with van der Waals surface area (Å²) in [5.41, 5.74) is 3.41. The van der Waals surface area contributed by atoms with Crippen molar-refractivity contribution < 1.29 is 28.0 Å². The molecule has 0 unspecified atom stereocenters. The van der Waals surface area contributed by atoms with Gasteiger partial charge in [-0.05, 0) is 60.7 Å². The lowest BCUT2D eigenvalue weighted by Crippen LogP contribution is -2.50. The van der Waals surface area contributed by atoms with E-state index in [1.54, 1.807) is 17.6 Å². The molecule has 11 heteroatoms.